The fourth-order valence-corrected chi connectivity index (χ4v) is 2.93. The van der Waals surface area contributed by atoms with E-state index in [0.29, 0.717) is 11.8 Å². The lowest BCUT2D eigenvalue weighted by atomic mass is 10.0. The van der Waals surface area contributed by atoms with Crippen molar-refractivity contribution < 1.29 is 4.39 Å². The van der Waals surface area contributed by atoms with Crippen molar-refractivity contribution in [3.8, 4) is 0 Å². The van der Waals surface area contributed by atoms with Gasteiger partial charge in [-0.2, -0.15) is 5.10 Å². The number of halogens is 1. The molecule has 4 rings (SSSR count). The first-order valence-corrected chi connectivity index (χ1v) is 7.60. The molecule has 0 aliphatic rings. The van der Waals surface area contributed by atoms with E-state index in [1.807, 2.05) is 37.3 Å². The molecular weight excluding hydrogens is 291 g/mol. The zero-order valence-electron chi connectivity index (χ0n) is 12.7. The van der Waals surface area contributed by atoms with Crippen LogP contribution in [0.15, 0.2) is 42.7 Å². The van der Waals surface area contributed by atoms with Crippen LogP contribution in [0.3, 0.4) is 0 Å². The van der Waals surface area contributed by atoms with E-state index in [9.17, 15) is 4.39 Å². The quantitative estimate of drug-likeness (QED) is 0.626. The first-order chi connectivity index (χ1) is 11.3. The minimum Gasteiger partial charge on any atom is -0.279 e. The zero-order valence-corrected chi connectivity index (χ0v) is 12.7. The van der Waals surface area contributed by atoms with Crippen molar-refractivity contribution >= 4 is 21.8 Å². The summed E-state index contributed by atoms with van der Waals surface area (Å²) in [6.07, 6.45) is 4.47. The molecule has 4 aromatic rings. The molecule has 3 aromatic heterocycles. The lowest BCUT2D eigenvalue weighted by Gasteiger charge is -2.07. The third-order valence-electron chi connectivity index (χ3n) is 4.09. The summed E-state index contributed by atoms with van der Waals surface area (Å²) in [4.78, 5) is 8.54. The van der Waals surface area contributed by atoms with Gasteiger partial charge in [0, 0.05) is 29.1 Å². The van der Waals surface area contributed by atoms with Crippen LogP contribution in [0.5, 0.6) is 0 Å². The maximum absolute atomic E-state index is 14.1. The average molecular weight is 306 g/mol. The summed E-state index contributed by atoms with van der Waals surface area (Å²) < 4.78 is 14.1. The smallest absolute Gasteiger partial charge is 0.149 e. The van der Waals surface area contributed by atoms with Gasteiger partial charge in [0.05, 0.1) is 11.9 Å². The fourth-order valence-electron chi connectivity index (χ4n) is 2.93. The number of pyridine rings is 2. The lowest BCUT2D eigenvalue weighted by molar-refractivity contribution is 0.632. The molecule has 0 unspecified atom stereocenters. The summed E-state index contributed by atoms with van der Waals surface area (Å²) >= 11 is 0. The number of hydrogen-bond acceptors (Lipinski definition) is 3. The Labute approximate surface area is 132 Å². The first-order valence-electron chi connectivity index (χ1n) is 7.60. The van der Waals surface area contributed by atoms with Crippen molar-refractivity contribution in [3.05, 3.63) is 65.5 Å². The standard InChI is InChI=1S/C18H15FN4/c1-2-15-12-6-5-11(8-13(12)14(19)10-21-15)9-17-18-16(22-23-17)4-3-7-20-18/h3-8,10H,2,9H2,1H3,(H,22,23). The van der Waals surface area contributed by atoms with Crippen molar-refractivity contribution in [2.75, 3.05) is 0 Å². The molecule has 4 nitrogen and oxygen atoms in total. The van der Waals surface area contributed by atoms with E-state index in [4.69, 9.17) is 0 Å². The largest absolute Gasteiger partial charge is 0.279 e. The number of fused-ring (bicyclic) bond motifs is 2. The second kappa shape index (κ2) is 5.43. The topological polar surface area (TPSA) is 54.5 Å². The van der Waals surface area contributed by atoms with Crippen LogP contribution in [0.1, 0.15) is 23.9 Å². The Morgan fingerprint density at radius 3 is 2.91 bits per heavy atom. The summed E-state index contributed by atoms with van der Waals surface area (Å²) in [6.45, 7) is 2.02. The SMILES string of the molecule is CCc1ncc(F)c2cc(Cc3[nH]nc4cccnc34)ccc12. The lowest BCUT2D eigenvalue weighted by Crippen LogP contribution is -1.95. The Bertz CT molecular complexity index is 1010. The number of aromatic nitrogens is 4. The monoisotopic (exact) mass is 306 g/mol. The number of hydrogen-bond donors (Lipinski definition) is 1. The summed E-state index contributed by atoms with van der Waals surface area (Å²) in [5.41, 5.74) is 4.57. The van der Waals surface area contributed by atoms with Gasteiger partial charge in [0.2, 0.25) is 0 Å². The van der Waals surface area contributed by atoms with Gasteiger partial charge in [0.15, 0.2) is 0 Å². The third-order valence-corrected chi connectivity index (χ3v) is 4.09. The molecule has 1 aromatic carbocycles. The van der Waals surface area contributed by atoms with Crippen molar-refractivity contribution in [2.45, 2.75) is 19.8 Å². The Morgan fingerprint density at radius 2 is 2.04 bits per heavy atom. The van der Waals surface area contributed by atoms with Crippen LogP contribution in [0, 0.1) is 5.82 Å². The van der Waals surface area contributed by atoms with Crippen LogP contribution in [0.2, 0.25) is 0 Å². The van der Waals surface area contributed by atoms with E-state index in [-0.39, 0.29) is 5.82 Å². The number of aryl methyl sites for hydroxylation is 1. The van der Waals surface area contributed by atoms with E-state index in [2.05, 4.69) is 20.2 Å². The maximum Gasteiger partial charge on any atom is 0.149 e. The highest BCUT2D eigenvalue weighted by Gasteiger charge is 2.10. The summed E-state index contributed by atoms with van der Waals surface area (Å²) in [6, 6.07) is 9.63. The van der Waals surface area contributed by atoms with E-state index in [0.717, 1.165) is 39.8 Å². The molecule has 0 spiro atoms. The van der Waals surface area contributed by atoms with Crippen LogP contribution in [0.25, 0.3) is 21.8 Å². The summed E-state index contributed by atoms with van der Waals surface area (Å²) in [5.74, 6) is -0.286. The van der Waals surface area contributed by atoms with Crippen LogP contribution in [-0.4, -0.2) is 20.2 Å². The molecular formula is C18H15FN4. The molecule has 23 heavy (non-hydrogen) atoms. The van der Waals surface area contributed by atoms with Crippen molar-refractivity contribution in [1.82, 2.24) is 20.2 Å². The van der Waals surface area contributed by atoms with Crippen LogP contribution >= 0.6 is 0 Å². The Balaban J connectivity index is 1.79. The van der Waals surface area contributed by atoms with Gasteiger partial charge in [0.1, 0.15) is 16.9 Å². The fraction of sp³-hybridized carbons (Fsp3) is 0.167. The predicted octanol–water partition coefficient (Wildman–Crippen LogP) is 3.80. The third kappa shape index (κ3) is 2.34. The van der Waals surface area contributed by atoms with E-state index >= 15 is 0 Å². The highest BCUT2D eigenvalue weighted by Crippen LogP contribution is 2.24. The zero-order chi connectivity index (χ0) is 15.8. The highest BCUT2D eigenvalue weighted by molar-refractivity contribution is 5.86. The highest BCUT2D eigenvalue weighted by atomic mass is 19.1. The van der Waals surface area contributed by atoms with Gasteiger partial charge in [-0.15, -0.1) is 0 Å². The predicted molar refractivity (Wildman–Crippen MR) is 87.8 cm³/mol. The van der Waals surface area contributed by atoms with E-state index in [1.165, 1.54) is 6.20 Å². The molecule has 0 aliphatic carbocycles. The van der Waals surface area contributed by atoms with Gasteiger partial charge in [-0.3, -0.25) is 15.1 Å². The number of nitrogens with one attached hydrogen (secondary N) is 1. The second-order valence-corrected chi connectivity index (χ2v) is 5.54. The molecule has 0 fully saturated rings. The number of nitrogens with zero attached hydrogens (tertiary/aromatic N) is 3. The molecule has 3 heterocycles. The molecule has 0 aliphatic heterocycles. The van der Waals surface area contributed by atoms with Gasteiger partial charge in [-0.05, 0) is 30.2 Å². The molecule has 0 saturated carbocycles. The minimum absolute atomic E-state index is 0.286. The average Bonchev–Trinajstić information content (AvgIpc) is 2.99. The van der Waals surface area contributed by atoms with Gasteiger partial charge in [-0.25, -0.2) is 4.39 Å². The molecule has 1 N–H and O–H groups in total. The van der Waals surface area contributed by atoms with Crippen LogP contribution < -0.4 is 0 Å². The number of H-pyrrole nitrogens is 1. The van der Waals surface area contributed by atoms with Gasteiger partial charge in [-0.1, -0.05) is 19.1 Å². The Hall–Kier alpha value is -2.82. The maximum atomic E-state index is 14.1. The molecule has 0 saturated heterocycles. The van der Waals surface area contributed by atoms with Gasteiger partial charge < -0.3 is 0 Å². The molecule has 5 heteroatoms. The number of rotatable bonds is 3. The normalized spacial score (nSPS) is 11.4. The minimum atomic E-state index is -0.286. The van der Waals surface area contributed by atoms with Crippen molar-refractivity contribution in [3.63, 3.8) is 0 Å². The Morgan fingerprint density at radius 1 is 1.13 bits per heavy atom. The van der Waals surface area contributed by atoms with Crippen LogP contribution in [-0.2, 0) is 12.8 Å². The van der Waals surface area contributed by atoms with Crippen LogP contribution in [0.4, 0.5) is 4.39 Å². The number of aromatic amines is 1. The summed E-state index contributed by atoms with van der Waals surface area (Å²) in [7, 11) is 0. The number of benzene rings is 1. The van der Waals surface area contributed by atoms with Crippen molar-refractivity contribution in [2.24, 2.45) is 0 Å². The molecule has 0 amide bonds. The molecule has 0 bridgehead atoms. The van der Waals surface area contributed by atoms with Gasteiger partial charge in [0.25, 0.3) is 0 Å². The molecule has 0 atom stereocenters. The Kier molecular flexibility index (Phi) is 3.26. The first kappa shape index (κ1) is 13.8. The van der Waals surface area contributed by atoms with E-state index < -0.39 is 0 Å². The van der Waals surface area contributed by atoms with Gasteiger partial charge >= 0.3 is 0 Å². The molecule has 114 valence electrons. The van der Waals surface area contributed by atoms with E-state index in [1.54, 1.807) is 6.20 Å². The second-order valence-electron chi connectivity index (χ2n) is 5.54. The van der Waals surface area contributed by atoms with Crippen molar-refractivity contribution in [1.29, 1.82) is 0 Å². The summed E-state index contributed by atoms with van der Waals surface area (Å²) in [5, 5.41) is 8.77. The molecule has 0 radical (unpaired) electrons.